The Bertz CT molecular complexity index is 505. The van der Waals surface area contributed by atoms with Crippen molar-refractivity contribution in [3.05, 3.63) is 34.9 Å². The molecule has 0 fully saturated rings. The van der Waals surface area contributed by atoms with Gasteiger partial charge < -0.3 is 4.55 Å². The Labute approximate surface area is 111 Å². The largest absolute Gasteiger partial charge is 0.591 e. The Balaban J connectivity index is 2.16. The van der Waals surface area contributed by atoms with Crippen LogP contribution in [0.3, 0.4) is 0 Å². The van der Waals surface area contributed by atoms with Crippen LogP contribution in [0.15, 0.2) is 22.6 Å². The summed E-state index contributed by atoms with van der Waals surface area (Å²) in [5.41, 5.74) is 3.84. The summed E-state index contributed by atoms with van der Waals surface area (Å²) in [4.78, 5) is 0. The minimum absolute atomic E-state index is 0.644. The van der Waals surface area contributed by atoms with Gasteiger partial charge in [0, 0.05) is 5.56 Å². The molecule has 0 bridgehead atoms. The van der Waals surface area contributed by atoms with E-state index in [1.54, 1.807) is 6.07 Å². The first-order valence-electron chi connectivity index (χ1n) is 6.24. The van der Waals surface area contributed by atoms with Crippen LogP contribution in [-0.4, -0.2) is 16.0 Å². The molecule has 0 radical (unpaired) electrons. The van der Waals surface area contributed by atoms with E-state index in [1.807, 2.05) is 12.1 Å². The average molecular weight is 260 g/mol. The number of aryl methyl sites for hydroxylation is 1. The highest BCUT2D eigenvalue weighted by Crippen LogP contribution is 2.24. The zero-order valence-electron chi connectivity index (χ0n) is 10.5. The van der Waals surface area contributed by atoms with Gasteiger partial charge in [0.05, 0.1) is 28.7 Å². The fourth-order valence-corrected chi connectivity index (χ4v) is 3.13. The number of nitriles is 1. The number of hydrogen-bond acceptors (Lipinski definition) is 3. The molecular formula is C14H16N2OS. The highest BCUT2D eigenvalue weighted by Gasteiger charge is 2.20. The second-order valence-electron chi connectivity index (χ2n) is 4.40. The maximum absolute atomic E-state index is 11.8. The molecule has 1 aliphatic rings. The molecule has 0 N–H and O–H groups in total. The van der Waals surface area contributed by atoms with Crippen LogP contribution in [0.1, 0.15) is 42.9 Å². The third-order valence-electron chi connectivity index (χ3n) is 3.06. The normalized spacial score (nSPS) is 17.5. The van der Waals surface area contributed by atoms with Crippen molar-refractivity contribution < 1.29 is 4.55 Å². The highest BCUT2D eigenvalue weighted by molar-refractivity contribution is 7.90. The van der Waals surface area contributed by atoms with Crippen molar-refractivity contribution >= 4 is 17.1 Å². The van der Waals surface area contributed by atoms with Gasteiger partial charge >= 0.3 is 0 Å². The van der Waals surface area contributed by atoms with Crippen LogP contribution in [0.5, 0.6) is 0 Å². The summed E-state index contributed by atoms with van der Waals surface area (Å²) in [6, 6.07) is 7.78. The lowest BCUT2D eigenvalue weighted by atomic mass is 10.1. The number of unbranched alkanes of at least 4 members (excludes halogenated alkanes) is 1. The van der Waals surface area contributed by atoms with Crippen LogP contribution in [0.25, 0.3) is 0 Å². The third-order valence-corrected chi connectivity index (χ3v) is 4.12. The molecule has 1 aromatic carbocycles. The van der Waals surface area contributed by atoms with E-state index in [4.69, 9.17) is 5.26 Å². The van der Waals surface area contributed by atoms with Gasteiger partial charge in [-0.3, -0.25) is 0 Å². The predicted molar refractivity (Wildman–Crippen MR) is 73.9 cm³/mol. The van der Waals surface area contributed by atoms with Crippen molar-refractivity contribution in [1.82, 2.24) is 0 Å². The van der Waals surface area contributed by atoms with Crippen molar-refractivity contribution in [2.75, 3.05) is 5.75 Å². The molecule has 0 aromatic heterocycles. The quantitative estimate of drug-likeness (QED) is 0.781. The Kier molecular flexibility index (Phi) is 4.40. The average Bonchev–Trinajstić information content (AvgIpc) is 2.78. The molecule has 0 aliphatic heterocycles. The van der Waals surface area contributed by atoms with Crippen molar-refractivity contribution in [2.24, 2.45) is 4.40 Å². The summed E-state index contributed by atoms with van der Waals surface area (Å²) in [6.45, 7) is 2.08. The summed E-state index contributed by atoms with van der Waals surface area (Å²) in [5, 5.41) is 8.85. The van der Waals surface area contributed by atoms with E-state index in [-0.39, 0.29) is 0 Å². The minimum atomic E-state index is -1.10. The molecule has 0 saturated carbocycles. The zero-order chi connectivity index (χ0) is 13.0. The lowest BCUT2D eigenvalue weighted by Gasteiger charge is -2.04. The van der Waals surface area contributed by atoms with Gasteiger partial charge in [-0.1, -0.05) is 23.8 Å². The maximum Gasteiger partial charge on any atom is 0.133 e. The number of nitrogens with zero attached hydrogens (tertiary/aromatic N) is 2. The van der Waals surface area contributed by atoms with E-state index < -0.39 is 11.4 Å². The molecule has 0 saturated heterocycles. The Morgan fingerprint density at radius 1 is 1.44 bits per heavy atom. The molecule has 1 aliphatic carbocycles. The van der Waals surface area contributed by atoms with E-state index in [2.05, 4.69) is 17.4 Å². The van der Waals surface area contributed by atoms with E-state index in [0.29, 0.717) is 11.3 Å². The van der Waals surface area contributed by atoms with Gasteiger partial charge in [0.1, 0.15) is 5.75 Å². The number of rotatable bonds is 4. The fraction of sp³-hybridized carbons (Fsp3) is 0.429. The molecule has 94 valence electrons. The molecule has 4 heteroatoms. The molecular weight excluding hydrogens is 244 g/mol. The van der Waals surface area contributed by atoms with Crippen LogP contribution in [0.4, 0.5) is 0 Å². The molecule has 0 heterocycles. The Hall–Kier alpha value is -1.31. The summed E-state index contributed by atoms with van der Waals surface area (Å²) in [6.07, 6.45) is 3.72. The number of benzene rings is 1. The molecule has 1 unspecified atom stereocenters. The first kappa shape index (κ1) is 13.1. The van der Waals surface area contributed by atoms with Crippen LogP contribution in [0, 0.1) is 11.3 Å². The van der Waals surface area contributed by atoms with Crippen molar-refractivity contribution in [1.29, 1.82) is 5.26 Å². The summed E-state index contributed by atoms with van der Waals surface area (Å²) in [7, 11) is 0. The SMILES string of the molecule is CCCC[S+]([O-])N=C1CCc2cc(C#N)ccc21. The van der Waals surface area contributed by atoms with E-state index in [9.17, 15) is 4.55 Å². The second kappa shape index (κ2) is 6.03. The first-order valence-corrected chi connectivity index (χ1v) is 7.51. The highest BCUT2D eigenvalue weighted by atomic mass is 32.2. The van der Waals surface area contributed by atoms with Gasteiger partial charge in [0.15, 0.2) is 0 Å². The van der Waals surface area contributed by atoms with E-state index >= 15 is 0 Å². The number of hydrogen-bond donors (Lipinski definition) is 0. The van der Waals surface area contributed by atoms with E-state index in [1.165, 1.54) is 0 Å². The first-order chi connectivity index (χ1) is 8.74. The Morgan fingerprint density at radius 2 is 2.28 bits per heavy atom. The standard InChI is InChI=1S/C14H16N2OS/c1-2-3-8-18(17)16-14-7-5-12-9-11(10-15)4-6-13(12)14/h4,6,9H,2-3,5,7-8H2,1H3. The van der Waals surface area contributed by atoms with Gasteiger partial charge in [-0.25, -0.2) is 0 Å². The van der Waals surface area contributed by atoms with Crippen LogP contribution in [0.2, 0.25) is 0 Å². The fourth-order valence-electron chi connectivity index (χ4n) is 2.07. The molecule has 2 rings (SSSR count). The van der Waals surface area contributed by atoms with E-state index in [0.717, 1.165) is 42.5 Å². The maximum atomic E-state index is 11.8. The third kappa shape index (κ3) is 2.92. The summed E-state index contributed by atoms with van der Waals surface area (Å²) < 4.78 is 16.1. The van der Waals surface area contributed by atoms with Crippen molar-refractivity contribution in [3.63, 3.8) is 0 Å². The number of fused-ring (bicyclic) bond motifs is 1. The second-order valence-corrected chi connectivity index (χ2v) is 5.63. The summed E-state index contributed by atoms with van der Waals surface area (Å²) in [5.74, 6) is 0.644. The topological polar surface area (TPSA) is 59.2 Å². The molecule has 3 nitrogen and oxygen atoms in total. The molecule has 18 heavy (non-hydrogen) atoms. The minimum Gasteiger partial charge on any atom is -0.591 e. The van der Waals surface area contributed by atoms with Gasteiger partial charge in [-0.2, -0.15) is 5.26 Å². The van der Waals surface area contributed by atoms with Gasteiger partial charge in [0.25, 0.3) is 0 Å². The lowest BCUT2D eigenvalue weighted by molar-refractivity contribution is 0.593. The van der Waals surface area contributed by atoms with Crippen LogP contribution >= 0.6 is 0 Å². The van der Waals surface area contributed by atoms with Gasteiger partial charge in [0.2, 0.25) is 0 Å². The zero-order valence-corrected chi connectivity index (χ0v) is 11.3. The van der Waals surface area contributed by atoms with Crippen LogP contribution < -0.4 is 0 Å². The van der Waals surface area contributed by atoms with Crippen LogP contribution in [-0.2, 0) is 17.8 Å². The lowest BCUT2D eigenvalue weighted by Crippen LogP contribution is -2.07. The monoisotopic (exact) mass is 260 g/mol. The molecule has 1 aromatic rings. The Morgan fingerprint density at radius 3 is 3.00 bits per heavy atom. The summed E-state index contributed by atoms with van der Waals surface area (Å²) >= 11 is -1.10. The predicted octanol–water partition coefficient (Wildman–Crippen LogP) is 2.76. The molecule has 1 atom stereocenters. The molecule has 0 amide bonds. The smallest absolute Gasteiger partial charge is 0.133 e. The van der Waals surface area contributed by atoms with Gasteiger partial charge in [-0.05, 0) is 37.0 Å². The van der Waals surface area contributed by atoms with Crippen molar-refractivity contribution in [2.45, 2.75) is 32.6 Å². The molecule has 0 spiro atoms. The van der Waals surface area contributed by atoms with Gasteiger partial charge in [-0.15, -0.1) is 0 Å². The van der Waals surface area contributed by atoms with Crippen molar-refractivity contribution in [3.8, 4) is 6.07 Å².